The number of hydrogen-bond acceptors (Lipinski definition) is 3. The summed E-state index contributed by atoms with van der Waals surface area (Å²) in [6.07, 6.45) is -4.32. The zero-order chi connectivity index (χ0) is 10.8. The molecule has 1 heterocycles. The number of carbonyl (C=O) groups is 1. The molecule has 0 radical (unpaired) electrons. The van der Waals surface area contributed by atoms with Crippen molar-refractivity contribution >= 4 is 5.97 Å². The molecule has 0 unspecified atom stereocenters. The second-order valence-electron chi connectivity index (χ2n) is 2.54. The Morgan fingerprint density at radius 2 is 2.07 bits per heavy atom. The van der Waals surface area contributed by atoms with Gasteiger partial charge in [-0.15, -0.1) is 0 Å². The summed E-state index contributed by atoms with van der Waals surface area (Å²) in [5.41, 5.74) is -1.57. The number of hydrogen-bond donors (Lipinski definition) is 0. The predicted octanol–water partition coefficient (Wildman–Crippen LogP) is -2.60. The van der Waals surface area contributed by atoms with E-state index in [1.807, 2.05) is 0 Å². The number of rotatable bonds is 2. The first-order valence-electron chi connectivity index (χ1n) is 3.62. The fourth-order valence-corrected chi connectivity index (χ4v) is 0.974. The Morgan fingerprint density at radius 3 is 2.53 bits per heavy atom. The van der Waals surface area contributed by atoms with Crippen LogP contribution in [0.2, 0.25) is 0 Å². The molecule has 0 amide bonds. The zero-order valence-corrected chi connectivity index (χ0v) is 11.0. The minimum absolute atomic E-state index is 0. The van der Waals surface area contributed by atoms with Crippen molar-refractivity contribution in [1.82, 2.24) is 4.98 Å². The molecule has 3 nitrogen and oxygen atoms in total. The molecule has 0 fully saturated rings. The zero-order valence-electron chi connectivity index (χ0n) is 7.84. The molecule has 0 atom stereocenters. The second-order valence-corrected chi connectivity index (χ2v) is 2.54. The van der Waals surface area contributed by atoms with E-state index >= 15 is 0 Å². The Kier molecular flexibility index (Phi) is 5.97. The molecular weight excluding hydrogens is 238 g/mol. The van der Waals surface area contributed by atoms with E-state index in [1.165, 1.54) is 0 Å². The molecule has 1 rings (SSSR count). The maximum Gasteiger partial charge on any atom is 1.00 e. The Balaban J connectivity index is 0.00000196. The summed E-state index contributed by atoms with van der Waals surface area (Å²) >= 11 is 0. The van der Waals surface area contributed by atoms with Crippen molar-refractivity contribution in [3.05, 3.63) is 29.6 Å². The van der Waals surface area contributed by atoms with Gasteiger partial charge in [-0.3, -0.25) is 4.98 Å². The molecule has 0 N–H and O–H groups in total. The number of pyridine rings is 1. The molecule has 1 aromatic rings. The Hall–Kier alpha value is 0.0464. The van der Waals surface area contributed by atoms with E-state index in [1.54, 1.807) is 0 Å². The molecular formula is C8H5F3KNO2. The number of alkyl halides is 3. The number of aromatic nitrogens is 1. The molecule has 0 spiro atoms. The van der Waals surface area contributed by atoms with Crippen LogP contribution in [0.1, 0.15) is 11.3 Å². The van der Waals surface area contributed by atoms with Gasteiger partial charge in [0.2, 0.25) is 0 Å². The average Bonchev–Trinajstić information content (AvgIpc) is 2.01. The summed E-state index contributed by atoms with van der Waals surface area (Å²) in [5, 5.41) is 10.1. The Morgan fingerprint density at radius 1 is 1.47 bits per heavy atom. The van der Waals surface area contributed by atoms with E-state index in [2.05, 4.69) is 4.98 Å². The predicted molar refractivity (Wildman–Crippen MR) is 38.0 cm³/mol. The molecule has 0 aliphatic rings. The molecule has 15 heavy (non-hydrogen) atoms. The van der Waals surface area contributed by atoms with Crippen molar-refractivity contribution in [2.24, 2.45) is 0 Å². The summed E-state index contributed by atoms with van der Waals surface area (Å²) in [6, 6.07) is 1.88. The fraction of sp³-hybridized carbons (Fsp3) is 0.250. The van der Waals surface area contributed by atoms with E-state index < -0.39 is 29.8 Å². The summed E-state index contributed by atoms with van der Waals surface area (Å²) in [4.78, 5) is 13.5. The number of nitrogens with zero attached hydrogens (tertiary/aromatic N) is 1. The third kappa shape index (κ3) is 4.60. The summed E-state index contributed by atoms with van der Waals surface area (Å²) in [6.45, 7) is 0. The van der Waals surface area contributed by atoms with Crippen LogP contribution in [0.5, 0.6) is 0 Å². The molecule has 0 aliphatic carbocycles. The van der Waals surface area contributed by atoms with E-state index in [-0.39, 0.29) is 51.4 Å². The van der Waals surface area contributed by atoms with Crippen molar-refractivity contribution in [2.75, 3.05) is 0 Å². The summed E-state index contributed by atoms with van der Waals surface area (Å²) < 4.78 is 36.7. The van der Waals surface area contributed by atoms with E-state index in [0.717, 1.165) is 18.3 Å². The first-order chi connectivity index (χ1) is 6.41. The molecule has 0 aliphatic heterocycles. The second kappa shape index (κ2) is 5.95. The summed E-state index contributed by atoms with van der Waals surface area (Å²) in [5.74, 6) is -1.59. The maximum absolute atomic E-state index is 12.2. The third-order valence-corrected chi connectivity index (χ3v) is 1.51. The van der Waals surface area contributed by atoms with Gasteiger partial charge in [0, 0.05) is 18.6 Å². The van der Waals surface area contributed by atoms with Crippen LogP contribution in [-0.2, 0) is 17.4 Å². The van der Waals surface area contributed by atoms with Crippen molar-refractivity contribution in [3.63, 3.8) is 0 Å². The van der Waals surface area contributed by atoms with Gasteiger partial charge in [0.25, 0.3) is 0 Å². The minimum Gasteiger partial charge on any atom is -0.550 e. The van der Waals surface area contributed by atoms with E-state index in [9.17, 15) is 23.1 Å². The van der Waals surface area contributed by atoms with Gasteiger partial charge < -0.3 is 9.90 Å². The van der Waals surface area contributed by atoms with E-state index in [0.29, 0.717) is 0 Å². The quantitative estimate of drug-likeness (QED) is 0.535. The van der Waals surface area contributed by atoms with Gasteiger partial charge in [-0.05, 0) is 12.1 Å². The minimum atomic E-state index is -4.58. The van der Waals surface area contributed by atoms with Gasteiger partial charge in [0.05, 0.1) is 11.3 Å². The van der Waals surface area contributed by atoms with Crippen molar-refractivity contribution in [3.8, 4) is 0 Å². The number of aliphatic carboxylic acids is 1. The molecule has 0 saturated heterocycles. The number of carboxylic acids is 1. The maximum atomic E-state index is 12.2. The molecule has 0 bridgehead atoms. The number of halogens is 3. The van der Waals surface area contributed by atoms with Crippen LogP contribution >= 0.6 is 0 Å². The van der Waals surface area contributed by atoms with Crippen LogP contribution in [0.25, 0.3) is 0 Å². The van der Waals surface area contributed by atoms with Gasteiger partial charge in [0.1, 0.15) is 0 Å². The first-order valence-corrected chi connectivity index (χ1v) is 3.62. The van der Waals surface area contributed by atoms with Crippen LogP contribution in [0, 0.1) is 0 Å². The first kappa shape index (κ1) is 15.0. The normalized spacial score (nSPS) is 10.6. The van der Waals surface area contributed by atoms with Gasteiger partial charge in [-0.2, -0.15) is 13.2 Å². The van der Waals surface area contributed by atoms with Gasteiger partial charge in [-0.25, -0.2) is 0 Å². The SMILES string of the molecule is O=C([O-])Cc1ncccc1C(F)(F)F.[K+]. The molecule has 1 aromatic heterocycles. The van der Waals surface area contributed by atoms with Crippen LogP contribution in [0.4, 0.5) is 13.2 Å². The van der Waals surface area contributed by atoms with Crippen molar-refractivity contribution in [2.45, 2.75) is 12.6 Å². The smallest absolute Gasteiger partial charge is 0.550 e. The monoisotopic (exact) mass is 243 g/mol. The number of carbonyl (C=O) groups excluding carboxylic acids is 1. The molecule has 7 heteroatoms. The van der Waals surface area contributed by atoms with Crippen LogP contribution in [0.15, 0.2) is 18.3 Å². The molecule has 76 valence electrons. The Bertz CT molecular complexity index is 354. The topological polar surface area (TPSA) is 53.0 Å². The van der Waals surface area contributed by atoms with Gasteiger partial charge >= 0.3 is 57.6 Å². The summed E-state index contributed by atoms with van der Waals surface area (Å²) in [7, 11) is 0. The van der Waals surface area contributed by atoms with Crippen molar-refractivity contribution < 1.29 is 74.5 Å². The Labute approximate surface area is 126 Å². The van der Waals surface area contributed by atoms with Crippen LogP contribution in [0.3, 0.4) is 0 Å². The van der Waals surface area contributed by atoms with Crippen LogP contribution in [-0.4, -0.2) is 11.0 Å². The number of carboxylic acid groups (broad SMARTS) is 1. The molecule has 0 aromatic carbocycles. The fourth-order valence-electron chi connectivity index (χ4n) is 0.974. The van der Waals surface area contributed by atoms with Gasteiger partial charge in [-0.1, -0.05) is 0 Å². The average molecular weight is 243 g/mol. The molecule has 0 saturated carbocycles. The standard InChI is InChI=1S/C8H6F3NO2.K/c9-8(10,11)5-2-1-3-12-6(5)4-7(13)14;/h1-3H,4H2,(H,13,14);/q;+1/p-1. The van der Waals surface area contributed by atoms with Crippen LogP contribution < -0.4 is 56.5 Å². The van der Waals surface area contributed by atoms with E-state index in [4.69, 9.17) is 0 Å². The van der Waals surface area contributed by atoms with Crippen molar-refractivity contribution in [1.29, 1.82) is 0 Å². The largest absolute Gasteiger partial charge is 1.00 e. The van der Waals surface area contributed by atoms with Gasteiger partial charge in [0.15, 0.2) is 0 Å². The third-order valence-electron chi connectivity index (χ3n) is 1.51.